The summed E-state index contributed by atoms with van der Waals surface area (Å²) in [6.45, 7) is 1.74. The van der Waals surface area contributed by atoms with Gasteiger partial charge >= 0.3 is 5.97 Å². The maximum Gasteiger partial charge on any atom is 0.337 e. The predicted molar refractivity (Wildman–Crippen MR) is 106 cm³/mol. The number of aromatic carboxylic acids is 1. The van der Waals surface area contributed by atoms with E-state index in [1.165, 1.54) is 6.07 Å². The first-order valence-corrected chi connectivity index (χ1v) is 8.61. The highest BCUT2D eigenvalue weighted by atomic mass is 16.4. The summed E-state index contributed by atoms with van der Waals surface area (Å²) in [5.41, 5.74) is 8.68. The number of carboxylic acids is 1. The third kappa shape index (κ3) is 2.54. The number of carboxylic acid groups (broad SMARTS) is 1. The zero-order valence-electron chi connectivity index (χ0n) is 14.9. The van der Waals surface area contributed by atoms with Crippen molar-refractivity contribution in [1.82, 2.24) is 0 Å². The van der Waals surface area contributed by atoms with Crippen molar-refractivity contribution in [2.75, 3.05) is 11.1 Å². The molecule has 28 heavy (non-hydrogen) atoms. The van der Waals surface area contributed by atoms with Crippen LogP contribution in [-0.2, 0) is 0 Å². The lowest BCUT2D eigenvalue weighted by Gasteiger charge is -2.24. The fraction of sp³-hybridized carbons (Fsp3) is 0.0455. The smallest absolute Gasteiger partial charge is 0.337 e. The number of nitrogens with two attached hydrogens (primary N) is 1. The predicted octanol–water partition coefficient (Wildman–Crippen LogP) is 3.79. The van der Waals surface area contributed by atoms with E-state index in [1.54, 1.807) is 55.5 Å². The number of hydrogen-bond donors (Lipinski definition) is 3. The lowest BCUT2D eigenvalue weighted by atomic mass is 9.81. The molecular weight excluding hydrogens is 356 g/mol. The van der Waals surface area contributed by atoms with Gasteiger partial charge in [-0.25, -0.2) is 4.79 Å². The molecule has 4 N–H and O–H groups in total. The maximum absolute atomic E-state index is 13.2. The number of aryl methyl sites for hydroxylation is 1. The topological polar surface area (TPSA) is 109 Å². The SMILES string of the molecule is Cc1cc(Nc2ccccc2C(=O)O)c2c(c1N)C(=O)c1ccccc1C2=O. The van der Waals surface area contributed by atoms with Crippen LogP contribution in [0.25, 0.3) is 0 Å². The van der Waals surface area contributed by atoms with Crippen LogP contribution in [0.2, 0.25) is 0 Å². The number of carbonyl (C=O) groups is 3. The minimum atomic E-state index is -1.10. The van der Waals surface area contributed by atoms with Crippen molar-refractivity contribution in [2.24, 2.45) is 0 Å². The highest BCUT2D eigenvalue weighted by Crippen LogP contribution is 2.38. The largest absolute Gasteiger partial charge is 0.478 e. The Bertz CT molecular complexity index is 1180. The number of nitrogen functional groups attached to an aromatic ring is 1. The summed E-state index contributed by atoms with van der Waals surface area (Å²) in [4.78, 5) is 37.8. The van der Waals surface area contributed by atoms with Crippen LogP contribution in [0.4, 0.5) is 17.1 Å². The van der Waals surface area contributed by atoms with E-state index in [0.717, 1.165) is 0 Å². The lowest BCUT2D eigenvalue weighted by molar-refractivity contribution is 0.0697. The molecule has 138 valence electrons. The average molecular weight is 372 g/mol. The van der Waals surface area contributed by atoms with Gasteiger partial charge in [-0.15, -0.1) is 0 Å². The molecule has 3 aromatic carbocycles. The van der Waals surface area contributed by atoms with Gasteiger partial charge in [0.05, 0.1) is 28.1 Å². The van der Waals surface area contributed by atoms with Crippen LogP contribution < -0.4 is 11.1 Å². The number of rotatable bonds is 3. The molecule has 0 heterocycles. The third-order valence-corrected chi connectivity index (χ3v) is 4.87. The van der Waals surface area contributed by atoms with Crippen molar-refractivity contribution in [3.8, 4) is 0 Å². The van der Waals surface area contributed by atoms with Gasteiger partial charge in [-0.3, -0.25) is 9.59 Å². The summed E-state index contributed by atoms with van der Waals surface area (Å²) in [6, 6.07) is 14.6. The van der Waals surface area contributed by atoms with Gasteiger partial charge in [0.1, 0.15) is 0 Å². The Balaban J connectivity index is 1.95. The van der Waals surface area contributed by atoms with Gasteiger partial charge in [0, 0.05) is 16.8 Å². The van der Waals surface area contributed by atoms with Crippen LogP contribution in [0.15, 0.2) is 54.6 Å². The summed E-state index contributed by atoms with van der Waals surface area (Å²) in [5, 5.41) is 12.4. The third-order valence-electron chi connectivity index (χ3n) is 4.87. The monoisotopic (exact) mass is 372 g/mol. The highest BCUT2D eigenvalue weighted by molar-refractivity contribution is 6.32. The van der Waals surface area contributed by atoms with E-state index in [0.29, 0.717) is 28.1 Å². The molecule has 6 nitrogen and oxygen atoms in total. The molecule has 0 bridgehead atoms. The maximum atomic E-state index is 13.2. The standard InChI is InChI=1S/C22H16N2O4/c1-11-10-16(24-15-9-5-4-8-14(15)22(27)28)17-18(19(11)23)21(26)13-7-3-2-6-12(13)20(17)25/h2-10,24H,23H2,1H3,(H,27,28). The van der Waals surface area contributed by atoms with Gasteiger partial charge in [-0.1, -0.05) is 36.4 Å². The molecule has 4 rings (SSSR count). The molecule has 0 atom stereocenters. The zero-order chi connectivity index (χ0) is 20.0. The van der Waals surface area contributed by atoms with Gasteiger partial charge in [0.15, 0.2) is 11.6 Å². The van der Waals surface area contributed by atoms with E-state index in [1.807, 2.05) is 0 Å². The summed E-state index contributed by atoms with van der Waals surface area (Å²) < 4.78 is 0. The molecular formula is C22H16N2O4. The number of hydrogen-bond acceptors (Lipinski definition) is 5. The van der Waals surface area contributed by atoms with Crippen molar-refractivity contribution in [3.05, 3.63) is 88.0 Å². The number of ketones is 2. The Kier molecular flexibility index (Phi) is 3.96. The van der Waals surface area contributed by atoms with E-state index in [9.17, 15) is 19.5 Å². The van der Waals surface area contributed by atoms with E-state index in [-0.39, 0.29) is 33.9 Å². The lowest BCUT2D eigenvalue weighted by Crippen LogP contribution is -2.24. The van der Waals surface area contributed by atoms with Crippen molar-refractivity contribution in [3.63, 3.8) is 0 Å². The number of nitrogens with one attached hydrogen (secondary N) is 1. The molecule has 0 spiro atoms. The van der Waals surface area contributed by atoms with E-state index < -0.39 is 5.97 Å². The Morgan fingerprint density at radius 3 is 2.11 bits per heavy atom. The fourth-order valence-corrected chi connectivity index (χ4v) is 3.48. The molecule has 0 fully saturated rings. The average Bonchev–Trinajstić information content (AvgIpc) is 2.69. The summed E-state index contributed by atoms with van der Waals surface area (Å²) in [6.07, 6.45) is 0. The van der Waals surface area contributed by atoms with Gasteiger partial charge < -0.3 is 16.2 Å². The summed E-state index contributed by atoms with van der Waals surface area (Å²) in [5.74, 6) is -1.75. The molecule has 0 saturated heterocycles. The van der Waals surface area contributed by atoms with Crippen molar-refractivity contribution in [1.29, 1.82) is 0 Å². The first-order chi connectivity index (χ1) is 13.4. The number of benzene rings is 3. The van der Waals surface area contributed by atoms with Crippen LogP contribution in [0.1, 0.15) is 47.8 Å². The second-order valence-electron chi connectivity index (χ2n) is 6.58. The van der Waals surface area contributed by atoms with Crippen LogP contribution >= 0.6 is 0 Å². The van der Waals surface area contributed by atoms with Gasteiger partial charge in [0.2, 0.25) is 0 Å². The Morgan fingerprint density at radius 2 is 1.46 bits per heavy atom. The van der Waals surface area contributed by atoms with Gasteiger partial charge in [0.25, 0.3) is 0 Å². The molecule has 1 aliphatic rings. The van der Waals surface area contributed by atoms with Crippen molar-refractivity contribution in [2.45, 2.75) is 6.92 Å². The van der Waals surface area contributed by atoms with Crippen molar-refractivity contribution < 1.29 is 19.5 Å². The number of fused-ring (bicyclic) bond motifs is 2. The zero-order valence-corrected chi connectivity index (χ0v) is 14.9. The molecule has 1 aliphatic carbocycles. The van der Waals surface area contributed by atoms with Crippen LogP contribution in [0.5, 0.6) is 0 Å². The van der Waals surface area contributed by atoms with Gasteiger partial charge in [-0.2, -0.15) is 0 Å². The number of carbonyl (C=O) groups excluding carboxylic acids is 2. The first kappa shape index (κ1) is 17.5. The molecule has 0 saturated carbocycles. The van der Waals surface area contributed by atoms with Crippen molar-refractivity contribution >= 4 is 34.6 Å². The minimum absolute atomic E-state index is 0.0562. The summed E-state index contributed by atoms with van der Waals surface area (Å²) in [7, 11) is 0. The first-order valence-electron chi connectivity index (χ1n) is 8.61. The van der Waals surface area contributed by atoms with E-state index in [4.69, 9.17) is 5.73 Å². The Hall–Kier alpha value is -3.93. The molecule has 6 heteroatoms. The summed E-state index contributed by atoms with van der Waals surface area (Å²) >= 11 is 0. The number of anilines is 3. The quantitative estimate of drug-likeness (QED) is 0.472. The van der Waals surface area contributed by atoms with Gasteiger partial charge in [-0.05, 0) is 30.7 Å². The second-order valence-corrected chi connectivity index (χ2v) is 6.58. The molecule has 0 aromatic heterocycles. The minimum Gasteiger partial charge on any atom is -0.478 e. The number of para-hydroxylation sites is 1. The second kappa shape index (κ2) is 6.35. The Labute approximate surface area is 160 Å². The fourth-order valence-electron chi connectivity index (χ4n) is 3.48. The normalized spacial score (nSPS) is 12.3. The van der Waals surface area contributed by atoms with Crippen LogP contribution in [0.3, 0.4) is 0 Å². The van der Waals surface area contributed by atoms with E-state index >= 15 is 0 Å². The van der Waals surface area contributed by atoms with Crippen LogP contribution in [-0.4, -0.2) is 22.6 Å². The highest BCUT2D eigenvalue weighted by Gasteiger charge is 2.34. The van der Waals surface area contributed by atoms with Crippen LogP contribution in [0, 0.1) is 6.92 Å². The molecule has 0 aliphatic heterocycles. The Morgan fingerprint density at radius 1 is 0.893 bits per heavy atom. The molecule has 0 unspecified atom stereocenters. The van der Waals surface area contributed by atoms with E-state index in [2.05, 4.69) is 5.32 Å². The molecule has 0 amide bonds. The molecule has 0 radical (unpaired) electrons. The molecule has 3 aromatic rings.